The fourth-order valence-corrected chi connectivity index (χ4v) is 2.58. The monoisotopic (exact) mass is 222 g/mol. The van der Waals surface area contributed by atoms with Gasteiger partial charge < -0.3 is 5.11 Å². The molecule has 2 unspecified atom stereocenters. The molecule has 0 amide bonds. The van der Waals surface area contributed by atoms with Crippen molar-refractivity contribution in [2.24, 2.45) is 5.92 Å². The predicted molar refractivity (Wildman–Crippen MR) is 58.9 cm³/mol. The quantitative estimate of drug-likeness (QED) is 0.834. The summed E-state index contributed by atoms with van der Waals surface area (Å²) in [4.78, 5) is 11.1. The topological polar surface area (TPSA) is 37.3 Å². The van der Waals surface area contributed by atoms with E-state index >= 15 is 0 Å². The molecule has 1 N–H and O–H groups in total. The van der Waals surface area contributed by atoms with E-state index in [-0.39, 0.29) is 11.7 Å². The summed E-state index contributed by atoms with van der Waals surface area (Å²) < 4.78 is 13.7. The highest BCUT2D eigenvalue weighted by Crippen LogP contribution is 2.40. The van der Waals surface area contributed by atoms with Crippen LogP contribution in [0.2, 0.25) is 0 Å². The lowest BCUT2D eigenvalue weighted by Crippen LogP contribution is -2.17. The van der Waals surface area contributed by atoms with Crippen LogP contribution in [-0.2, 0) is 4.79 Å². The molecule has 1 saturated carbocycles. The number of aliphatic carboxylic acids is 1. The number of carboxylic acids is 1. The van der Waals surface area contributed by atoms with Gasteiger partial charge in [-0.15, -0.1) is 0 Å². The number of rotatable bonds is 2. The standard InChI is InChI=1S/C13H15FO2/c1-8-5-6-12(14)11(7-8)9-3-2-4-10(9)13(15)16/h5-7,9-10H,2-4H2,1H3,(H,15,16). The Bertz CT molecular complexity index is 414. The molecule has 1 fully saturated rings. The van der Waals surface area contributed by atoms with Crippen molar-refractivity contribution in [1.29, 1.82) is 0 Å². The number of hydrogen-bond acceptors (Lipinski definition) is 1. The van der Waals surface area contributed by atoms with Gasteiger partial charge in [-0.05, 0) is 31.4 Å². The maximum Gasteiger partial charge on any atom is 0.307 e. The second kappa shape index (κ2) is 4.24. The van der Waals surface area contributed by atoms with Crippen LogP contribution in [0.4, 0.5) is 4.39 Å². The van der Waals surface area contributed by atoms with Crippen LogP contribution in [0.15, 0.2) is 18.2 Å². The van der Waals surface area contributed by atoms with E-state index < -0.39 is 11.9 Å². The highest BCUT2D eigenvalue weighted by Gasteiger charge is 2.35. The van der Waals surface area contributed by atoms with Gasteiger partial charge in [0.15, 0.2) is 0 Å². The third-order valence-corrected chi connectivity index (χ3v) is 3.38. The van der Waals surface area contributed by atoms with Crippen LogP contribution >= 0.6 is 0 Å². The Balaban J connectivity index is 2.35. The van der Waals surface area contributed by atoms with Crippen molar-refractivity contribution >= 4 is 5.97 Å². The predicted octanol–water partition coefficient (Wildman–Crippen LogP) is 3.10. The molecule has 0 bridgehead atoms. The zero-order chi connectivity index (χ0) is 11.7. The molecule has 2 nitrogen and oxygen atoms in total. The molecule has 1 aromatic rings. The van der Waals surface area contributed by atoms with E-state index in [0.717, 1.165) is 18.4 Å². The normalized spacial score (nSPS) is 24.6. The lowest BCUT2D eigenvalue weighted by Gasteiger charge is -2.17. The highest BCUT2D eigenvalue weighted by molar-refractivity contribution is 5.72. The first kappa shape index (κ1) is 11.1. The molecule has 16 heavy (non-hydrogen) atoms. The van der Waals surface area contributed by atoms with Crippen LogP contribution in [0.1, 0.15) is 36.3 Å². The molecule has 1 aliphatic carbocycles. The number of carbonyl (C=O) groups is 1. The van der Waals surface area contributed by atoms with Crippen molar-refractivity contribution in [3.05, 3.63) is 35.1 Å². The Hall–Kier alpha value is -1.38. The Morgan fingerprint density at radius 2 is 2.19 bits per heavy atom. The average molecular weight is 222 g/mol. The van der Waals surface area contributed by atoms with E-state index in [1.54, 1.807) is 12.1 Å². The molecule has 0 spiro atoms. The lowest BCUT2D eigenvalue weighted by molar-refractivity contribution is -0.142. The maximum atomic E-state index is 13.7. The molecule has 86 valence electrons. The number of benzene rings is 1. The summed E-state index contributed by atoms with van der Waals surface area (Å²) in [6.07, 6.45) is 2.31. The second-order valence-electron chi connectivity index (χ2n) is 4.51. The van der Waals surface area contributed by atoms with Gasteiger partial charge in [-0.25, -0.2) is 4.39 Å². The van der Waals surface area contributed by atoms with Gasteiger partial charge in [-0.2, -0.15) is 0 Å². The van der Waals surface area contributed by atoms with Gasteiger partial charge >= 0.3 is 5.97 Å². The highest BCUT2D eigenvalue weighted by atomic mass is 19.1. The average Bonchev–Trinajstić information content (AvgIpc) is 2.70. The third-order valence-electron chi connectivity index (χ3n) is 3.38. The van der Waals surface area contributed by atoms with Gasteiger partial charge in [0, 0.05) is 5.92 Å². The van der Waals surface area contributed by atoms with Crippen LogP contribution in [0, 0.1) is 18.7 Å². The zero-order valence-corrected chi connectivity index (χ0v) is 9.24. The van der Waals surface area contributed by atoms with Crippen molar-refractivity contribution < 1.29 is 14.3 Å². The first-order chi connectivity index (χ1) is 7.59. The summed E-state index contributed by atoms with van der Waals surface area (Å²) in [7, 11) is 0. The lowest BCUT2D eigenvalue weighted by atomic mass is 9.88. The Labute approximate surface area is 94.1 Å². The fourth-order valence-electron chi connectivity index (χ4n) is 2.58. The fraction of sp³-hybridized carbons (Fsp3) is 0.462. The summed E-state index contributed by atoms with van der Waals surface area (Å²) in [5.41, 5.74) is 1.55. The third kappa shape index (κ3) is 1.94. The molecule has 1 aliphatic rings. The van der Waals surface area contributed by atoms with Crippen molar-refractivity contribution in [2.75, 3.05) is 0 Å². The van der Waals surface area contributed by atoms with Crippen molar-refractivity contribution in [3.63, 3.8) is 0 Å². The maximum absolute atomic E-state index is 13.7. The molecule has 0 aromatic heterocycles. The molecule has 1 aromatic carbocycles. The summed E-state index contributed by atoms with van der Waals surface area (Å²) in [6, 6.07) is 4.92. The van der Waals surface area contributed by atoms with Crippen LogP contribution in [0.25, 0.3) is 0 Å². The zero-order valence-electron chi connectivity index (χ0n) is 9.24. The molecule has 0 heterocycles. The number of carboxylic acid groups (broad SMARTS) is 1. The SMILES string of the molecule is Cc1ccc(F)c(C2CCCC2C(=O)O)c1. The van der Waals surface area contributed by atoms with Crippen molar-refractivity contribution in [2.45, 2.75) is 32.1 Å². The van der Waals surface area contributed by atoms with Crippen molar-refractivity contribution in [3.8, 4) is 0 Å². The minimum Gasteiger partial charge on any atom is -0.481 e. The Morgan fingerprint density at radius 3 is 2.88 bits per heavy atom. The minimum atomic E-state index is -0.802. The van der Waals surface area contributed by atoms with Gasteiger partial charge in [0.25, 0.3) is 0 Å². The summed E-state index contributed by atoms with van der Waals surface area (Å²) in [5.74, 6) is -1.65. The molecular weight excluding hydrogens is 207 g/mol. The minimum absolute atomic E-state index is 0.155. The first-order valence-electron chi connectivity index (χ1n) is 5.58. The van der Waals surface area contributed by atoms with E-state index in [1.165, 1.54) is 6.07 Å². The molecule has 0 radical (unpaired) electrons. The van der Waals surface area contributed by atoms with Gasteiger partial charge in [-0.1, -0.05) is 24.1 Å². The molecule has 3 heteroatoms. The Morgan fingerprint density at radius 1 is 1.44 bits per heavy atom. The molecule has 2 atom stereocenters. The van der Waals surface area contributed by atoms with Gasteiger partial charge in [-0.3, -0.25) is 4.79 Å². The number of hydrogen-bond donors (Lipinski definition) is 1. The molecular formula is C13H15FO2. The first-order valence-corrected chi connectivity index (χ1v) is 5.58. The summed E-state index contributed by atoms with van der Waals surface area (Å²) in [6.45, 7) is 1.90. The number of halogens is 1. The van der Waals surface area contributed by atoms with Gasteiger partial charge in [0.1, 0.15) is 5.82 Å². The van der Waals surface area contributed by atoms with E-state index in [1.807, 2.05) is 6.92 Å². The van der Waals surface area contributed by atoms with Crippen LogP contribution < -0.4 is 0 Å². The van der Waals surface area contributed by atoms with Gasteiger partial charge in [0.2, 0.25) is 0 Å². The van der Waals surface area contributed by atoms with Gasteiger partial charge in [0.05, 0.1) is 5.92 Å². The Kier molecular flexibility index (Phi) is 2.95. The largest absolute Gasteiger partial charge is 0.481 e. The molecule has 0 saturated heterocycles. The van der Waals surface area contributed by atoms with Crippen LogP contribution in [0.3, 0.4) is 0 Å². The smallest absolute Gasteiger partial charge is 0.307 e. The summed E-state index contributed by atoms with van der Waals surface area (Å²) in [5, 5.41) is 9.08. The molecule has 2 rings (SSSR count). The van der Waals surface area contributed by atoms with Crippen LogP contribution in [0.5, 0.6) is 0 Å². The second-order valence-corrected chi connectivity index (χ2v) is 4.51. The van der Waals surface area contributed by atoms with E-state index in [2.05, 4.69) is 0 Å². The van der Waals surface area contributed by atoms with E-state index in [4.69, 9.17) is 5.11 Å². The van der Waals surface area contributed by atoms with E-state index in [9.17, 15) is 9.18 Å². The summed E-state index contributed by atoms with van der Waals surface area (Å²) >= 11 is 0. The number of aryl methyl sites for hydroxylation is 1. The van der Waals surface area contributed by atoms with Crippen LogP contribution in [-0.4, -0.2) is 11.1 Å². The molecule has 0 aliphatic heterocycles. The van der Waals surface area contributed by atoms with E-state index in [0.29, 0.717) is 12.0 Å². The van der Waals surface area contributed by atoms with Crippen molar-refractivity contribution in [1.82, 2.24) is 0 Å².